The van der Waals surface area contributed by atoms with Gasteiger partial charge in [0.05, 0.1) is 23.9 Å². The van der Waals surface area contributed by atoms with Gasteiger partial charge in [0, 0.05) is 29.3 Å². The van der Waals surface area contributed by atoms with Crippen LogP contribution in [0.3, 0.4) is 0 Å². The third-order valence-electron chi connectivity index (χ3n) is 6.77. The summed E-state index contributed by atoms with van der Waals surface area (Å²) in [5.74, 6) is 1.16. The van der Waals surface area contributed by atoms with Crippen LogP contribution in [0.4, 0.5) is 21.9 Å². The molecule has 0 spiro atoms. The highest BCUT2D eigenvalue weighted by Gasteiger charge is 2.43. The van der Waals surface area contributed by atoms with Crippen molar-refractivity contribution in [3.8, 4) is 0 Å². The number of allylic oxidation sites excluding steroid dienone is 1. The van der Waals surface area contributed by atoms with E-state index in [4.69, 9.17) is 8.83 Å². The lowest BCUT2D eigenvalue weighted by atomic mass is 9.81. The average molecular weight is 480 g/mol. The second-order valence-corrected chi connectivity index (χ2v) is 9.16. The molecule has 7 heteroatoms. The highest BCUT2D eigenvalue weighted by molar-refractivity contribution is 6.09. The molecule has 2 aromatic carbocycles. The van der Waals surface area contributed by atoms with Crippen LogP contribution in [0.15, 0.2) is 105 Å². The number of nitrogens with zero attached hydrogens (tertiary/aromatic N) is 1. The summed E-state index contributed by atoms with van der Waals surface area (Å²) in [5, 5.41) is 6.50. The van der Waals surface area contributed by atoms with Gasteiger partial charge in [-0.2, -0.15) is 0 Å². The van der Waals surface area contributed by atoms with Gasteiger partial charge in [0.25, 0.3) is 0 Å². The van der Waals surface area contributed by atoms with Gasteiger partial charge in [-0.3, -0.25) is 9.69 Å². The topological polar surface area (TPSA) is 87.7 Å². The number of benzene rings is 2. The Hall–Kier alpha value is -4.52. The summed E-state index contributed by atoms with van der Waals surface area (Å²) in [6.45, 7) is 1.99. The number of rotatable bonds is 3. The van der Waals surface area contributed by atoms with E-state index in [1.165, 1.54) is 0 Å². The molecule has 1 aliphatic heterocycles. The lowest BCUT2D eigenvalue weighted by molar-refractivity contribution is -0.116. The lowest BCUT2D eigenvalue weighted by Crippen LogP contribution is -2.40. The minimum absolute atomic E-state index is 0.0486. The van der Waals surface area contributed by atoms with Gasteiger partial charge in [-0.15, -0.1) is 0 Å². The molecule has 180 valence electrons. The maximum atomic E-state index is 13.9. The SMILES string of the molecule is Cc1ccc(NC(=O)N2c3ccccc3NC3=C(C(=O)C[C@H](c4ccco4)C3)[C@@H]2c2ccco2)cc1. The summed E-state index contributed by atoms with van der Waals surface area (Å²) in [6, 6.07) is 21.4. The molecule has 2 aromatic heterocycles. The van der Waals surface area contributed by atoms with Crippen molar-refractivity contribution in [3.05, 3.63) is 114 Å². The minimum Gasteiger partial charge on any atom is -0.469 e. The van der Waals surface area contributed by atoms with E-state index in [1.807, 2.05) is 67.6 Å². The van der Waals surface area contributed by atoms with Crippen molar-refractivity contribution in [2.45, 2.75) is 31.7 Å². The monoisotopic (exact) mass is 479 g/mol. The van der Waals surface area contributed by atoms with E-state index in [2.05, 4.69) is 10.6 Å². The standard InChI is InChI=1S/C29H25N3O4/c1-18-10-12-20(13-11-18)30-29(34)32-23-7-3-2-6-21(23)31-22-16-19(25-8-4-14-35-25)17-24(33)27(22)28(32)26-9-5-15-36-26/h2-15,19,28,31H,16-17H2,1H3,(H,30,34)/t19-,28+/m1/s1. The zero-order valence-electron chi connectivity index (χ0n) is 19.7. The van der Waals surface area contributed by atoms with Crippen molar-refractivity contribution in [1.82, 2.24) is 0 Å². The number of para-hydroxylation sites is 2. The van der Waals surface area contributed by atoms with Crippen molar-refractivity contribution < 1.29 is 18.4 Å². The molecular weight excluding hydrogens is 454 g/mol. The maximum Gasteiger partial charge on any atom is 0.327 e. The molecule has 2 amide bonds. The largest absolute Gasteiger partial charge is 0.469 e. The number of ketones is 1. The minimum atomic E-state index is -0.735. The number of Topliss-reactive ketones (excluding diaryl/α,β-unsaturated/α-hetero) is 1. The number of nitrogens with one attached hydrogen (secondary N) is 2. The van der Waals surface area contributed by atoms with E-state index < -0.39 is 6.04 Å². The Balaban J connectivity index is 1.49. The number of furan rings is 2. The van der Waals surface area contributed by atoms with Gasteiger partial charge in [-0.1, -0.05) is 29.8 Å². The van der Waals surface area contributed by atoms with Gasteiger partial charge in [-0.25, -0.2) is 4.79 Å². The van der Waals surface area contributed by atoms with E-state index in [0.717, 1.165) is 22.7 Å². The average Bonchev–Trinajstić information content (AvgIpc) is 3.58. The van der Waals surface area contributed by atoms with Gasteiger partial charge in [0.15, 0.2) is 5.78 Å². The van der Waals surface area contributed by atoms with Crippen LogP contribution < -0.4 is 15.5 Å². The van der Waals surface area contributed by atoms with Gasteiger partial charge in [0.2, 0.25) is 0 Å². The molecule has 7 nitrogen and oxygen atoms in total. The quantitative estimate of drug-likeness (QED) is 0.338. The molecule has 2 aliphatic rings. The summed E-state index contributed by atoms with van der Waals surface area (Å²) in [7, 11) is 0. The molecule has 4 aromatic rings. The molecule has 1 aliphatic carbocycles. The fourth-order valence-electron chi connectivity index (χ4n) is 5.07. The van der Waals surface area contributed by atoms with Crippen molar-refractivity contribution in [2.75, 3.05) is 15.5 Å². The highest BCUT2D eigenvalue weighted by atomic mass is 16.3. The molecule has 2 atom stereocenters. The Morgan fingerprint density at radius 2 is 1.64 bits per heavy atom. The zero-order valence-corrected chi connectivity index (χ0v) is 19.7. The second kappa shape index (κ2) is 8.92. The van der Waals surface area contributed by atoms with Gasteiger partial charge in [-0.05, 0) is 61.9 Å². The molecular formula is C29H25N3O4. The first-order valence-corrected chi connectivity index (χ1v) is 11.9. The van der Waals surface area contributed by atoms with Gasteiger partial charge >= 0.3 is 6.03 Å². The first-order chi connectivity index (χ1) is 17.6. The number of carbonyl (C=O) groups is 2. The Labute approximate surface area is 208 Å². The first kappa shape index (κ1) is 22.0. The third-order valence-corrected chi connectivity index (χ3v) is 6.77. The summed E-state index contributed by atoms with van der Waals surface area (Å²) in [5.41, 5.74) is 4.46. The highest BCUT2D eigenvalue weighted by Crippen LogP contribution is 2.47. The molecule has 0 saturated heterocycles. The Morgan fingerprint density at radius 3 is 2.36 bits per heavy atom. The number of hydrogen-bond donors (Lipinski definition) is 2. The number of urea groups is 1. The molecule has 0 unspecified atom stereocenters. The number of hydrogen-bond acceptors (Lipinski definition) is 5. The fourth-order valence-corrected chi connectivity index (χ4v) is 5.07. The normalized spacial score (nSPS) is 19.2. The van der Waals surface area contributed by atoms with Crippen LogP contribution in [-0.2, 0) is 4.79 Å². The predicted octanol–water partition coefficient (Wildman–Crippen LogP) is 6.79. The molecule has 3 heterocycles. The van der Waals surface area contributed by atoms with Crippen LogP contribution in [-0.4, -0.2) is 11.8 Å². The molecule has 0 bridgehead atoms. The van der Waals surface area contributed by atoms with E-state index in [-0.39, 0.29) is 24.2 Å². The van der Waals surface area contributed by atoms with Crippen LogP contribution in [0.25, 0.3) is 0 Å². The van der Waals surface area contributed by atoms with Crippen LogP contribution in [0.2, 0.25) is 0 Å². The number of aryl methyl sites for hydroxylation is 1. The molecule has 2 N–H and O–H groups in total. The number of amides is 2. The number of fused-ring (bicyclic) bond motifs is 1. The first-order valence-electron chi connectivity index (χ1n) is 11.9. The third kappa shape index (κ3) is 3.88. The summed E-state index contributed by atoms with van der Waals surface area (Å²) in [6.07, 6.45) is 4.06. The summed E-state index contributed by atoms with van der Waals surface area (Å²) < 4.78 is 11.5. The summed E-state index contributed by atoms with van der Waals surface area (Å²) in [4.78, 5) is 29.3. The Morgan fingerprint density at radius 1 is 0.917 bits per heavy atom. The van der Waals surface area contributed by atoms with Crippen molar-refractivity contribution in [1.29, 1.82) is 0 Å². The van der Waals surface area contributed by atoms with Crippen molar-refractivity contribution >= 4 is 28.9 Å². The van der Waals surface area contributed by atoms with Gasteiger partial charge < -0.3 is 19.5 Å². The summed E-state index contributed by atoms with van der Waals surface area (Å²) >= 11 is 0. The smallest absolute Gasteiger partial charge is 0.327 e. The van der Waals surface area contributed by atoms with E-state index in [1.54, 1.807) is 29.6 Å². The molecule has 0 fully saturated rings. The van der Waals surface area contributed by atoms with Gasteiger partial charge in [0.1, 0.15) is 17.6 Å². The Bertz CT molecular complexity index is 1440. The van der Waals surface area contributed by atoms with Crippen LogP contribution in [0, 0.1) is 6.92 Å². The van der Waals surface area contributed by atoms with E-state index in [0.29, 0.717) is 29.1 Å². The van der Waals surface area contributed by atoms with Crippen molar-refractivity contribution in [2.24, 2.45) is 0 Å². The second-order valence-electron chi connectivity index (χ2n) is 9.16. The lowest BCUT2D eigenvalue weighted by Gasteiger charge is -2.33. The molecule has 36 heavy (non-hydrogen) atoms. The van der Waals surface area contributed by atoms with E-state index >= 15 is 0 Å². The maximum absolute atomic E-state index is 13.9. The van der Waals surface area contributed by atoms with Crippen LogP contribution in [0.1, 0.15) is 41.9 Å². The number of anilines is 3. The zero-order chi connectivity index (χ0) is 24.6. The number of carbonyl (C=O) groups excluding carboxylic acids is 2. The van der Waals surface area contributed by atoms with Crippen LogP contribution in [0.5, 0.6) is 0 Å². The fraction of sp³-hybridized carbons (Fsp3) is 0.172. The molecule has 0 radical (unpaired) electrons. The van der Waals surface area contributed by atoms with Crippen molar-refractivity contribution in [3.63, 3.8) is 0 Å². The molecule has 6 rings (SSSR count). The Kier molecular flexibility index (Phi) is 5.45. The van der Waals surface area contributed by atoms with E-state index in [9.17, 15) is 9.59 Å². The molecule has 0 saturated carbocycles. The van der Waals surface area contributed by atoms with Crippen LogP contribution >= 0.6 is 0 Å². The predicted molar refractivity (Wildman–Crippen MR) is 137 cm³/mol.